The highest BCUT2D eigenvalue weighted by Crippen LogP contribution is 2.22. The number of amides is 1. The van der Waals surface area contributed by atoms with E-state index in [4.69, 9.17) is 0 Å². The Kier molecular flexibility index (Phi) is 5.75. The highest BCUT2D eigenvalue weighted by molar-refractivity contribution is 7.15. The molecule has 0 fully saturated rings. The molecule has 106 valence electrons. The van der Waals surface area contributed by atoms with E-state index in [0.29, 0.717) is 23.8 Å². The summed E-state index contributed by atoms with van der Waals surface area (Å²) >= 11 is 1.37. The van der Waals surface area contributed by atoms with E-state index in [1.165, 1.54) is 18.4 Å². The highest BCUT2D eigenvalue weighted by atomic mass is 32.1. The molecule has 19 heavy (non-hydrogen) atoms. The minimum atomic E-state index is -0.445. The van der Waals surface area contributed by atoms with Crippen LogP contribution in [-0.4, -0.2) is 36.6 Å². The molecule has 6 nitrogen and oxygen atoms in total. The van der Waals surface area contributed by atoms with Crippen LogP contribution in [-0.2, 0) is 9.53 Å². The molecular formula is C12H19N3O3S. The lowest BCUT2D eigenvalue weighted by atomic mass is 10.3. The summed E-state index contributed by atoms with van der Waals surface area (Å²) in [7, 11) is 1.32. The summed E-state index contributed by atoms with van der Waals surface area (Å²) in [6, 6.07) is 0.139. The van der Waals surface area contributed by atoms with Crippen LogP contribution in [0, 0.1) is 6.92 Å². The highest BCUT2D eigenvalue weighted by Gasteiger charge is 2.15. The molecule has 1 rings (SSSR count). The van der Waals surface area contributed by atoms with E-state index >= 15 is 0 Å². The quantitative estimate of drug-likeness (QED) is 0.775. The van der Waals surface area contributed by atoms with Crippen molar-refractivity contribution in [1.29, 1.82) is 0 Å². The average Bonchev–Trinajstić information content (AvgIpc) is 2.68. The Bertz CT molecular complexity index is 457. The number of methoxy groups -OCH3 is 1. The van der Waals surface area contributed by atoms with Crippen LogP contribution in [0.5, 0.6) is 0 Å². The van der Waals surface area contributed by atoms with Gasteiger partial charge in [0.1, 0.15) is 0 Å². The second-order valence-corrected chi connectivity index (χ2v) is 5.52. The van der Waals surface area contributed by atoms with Gasteiger partial charge in [-0.05, 0) is 20.8 Å². The van der Waals surface area contributed by atoms with Crippen molar-refractivity contribution in [2.24, 2.45) is 0 Å². The lowest BCUT2D eigenvalue weighted by Crippen LogP contribution is -2.31. The summed E-state index contributed by atoms with van der Waals surface area (Å²) in [6.07, 6.45) is 0.365. The molecule has 0 saturated carbocycles. The first-order valence-electron chi connectivity index (χ1n) is 6.03. The van der Waals surface area contributed by atoms with Gasteiger partial charge in [-0.2, -0.15) is 0 Å². The number of aryl methyl sites for hydroxylation is 1. The van der Waals surface area contributed by atoms with E-state index in [-0.39, 0.29) is 11.9 Å². The van der Waals surface area contributed by atoms with Gasteiger partial charge in [0.25, 0.3) is 0 Å². The maximum Gasteiger partial charge on any atom is 0.357 e. The molecule has 0 unspecified atom stereocenters. The molecule has 1 amide bonds. The van der Waals surface area contributed by atoms with E-state index in [1.54, 1.807) is 6.92 Å². The van der Waals surface area contributed by atoms with Gasteiger partial charge in [0, 0.05) is 23.9 Å². The van der Waals surface area contributed by atoms with Crippen molar-refractivity contribution in [3.8, 4) is 0 Å². The largest absolute Gasteiger partial charge is 0.464 e. The number of carbonyl (C=O) groups excluding carboxylic acids is 2. The topological polar surface area (TPSA) is 80.3 Å². The van der Waals surface area contributed by atoms with Gasteiger partial charge in [0.15, 0.2) is 10.8 Å². The van der Waals surface area contributed by atoms with Crippen molar-refractivity contribution in [3.63, 3.8) is 0 Å². The number of hydrogen-bond donors (Lipinski definition) is 2. The molecular weight excluding hydrogens is 266 g/mol. The lowest BCUT2D eigenvalue weighted by molar-refractivity contribution is -0.121. The first kappa shape index (κ1) is 15.4. The molecule has 7 heteroatoms. The molecule has 0 aliphatic heterocycles. The summed E-state index contributed by atoms with van der Waals surface area (Å²) in [4.78, 5) is 27.7. The monoisotopic (exact) mass is 285 g/mol. The smallest absolute Gasteiger partial charge is 0.357 e. The van der Waals surface area contributed by atoms with Crippen LogP contribution in [0.15, 0.2) is 0 Å². The Morgan fingerprint density at radius 1 is 1.42 bits per heavy atom. The van der Waals surface area contributed by atoms with Gasteiger partial charge >= 0.3 is 5.97 Å². The van der Waals surface area contributed by atoms with E-state index in [0.717, 1.165) is 4.88 Å². The molecule has 0 radical (unpaired) electrons. The number of nitrogens with zero attached hydrogens (tertiary/aromatic N) is 1. The van der Waals surface area contributed by atoms with Gasteiger partial charge in [-0.25, -0.2) is 9.78 Å². The van der Waals surface area contributed by atoms with Crippen LogP contribution in [0.4, 0.5) is 5.13 Å². The SMILES string of the molecule is COC(=O)c1nc(NCCC(=O)NC(C)C)sc1C. The summed E-state index contributed by atoms with van der Waals surface area (Å²) in [5.74, 6) is -0.455. The zero-order chi connectivity index (χ0) is 14.4. The number of aromatic nitrogens is 1. The Labute approximate surface area is 116 Å². The van der Waals surface area contributed by atoms with Gasteiger partial charge in [-0.15, -0.1) is 11.3 Å². The van der Waals surface area contributed by atoms with Gasteiger partial charge in [-0.3, -0.25) is 4.79 Å². The average molecular weight is 285 g/mol. The van der Waals surface area contributed by atoms with Crippen LogP contribution in [0.25, 0.3) is 0 Å². The second-order valence-electron chi connectivity index (χ2n) is 4.31. The minimum absolute atomic E-state index is 0.0102. The van der Waals surface area contributed by atoms with Crippen LogP contribution in [0.1, 0.15) is 35.6 Å². The molecule has 1 aromatic heterocycles. The van der Waals surface area contributed by atoms with Crippen LogP contribution in [0.2, 0.25) is 0 Å². The third-order valence-electron chi connectivity index (χ3n) is 2.25. The first-order chi connectivity index (χ1) is 8.93. The first-order valence-corrected chi connectivity index (χ1v) is 6.84. The minimum Gasteiger partial charge on any atom is -0.464 e. The molecule has 0 bridgehead atoms. The van der Waals surface area contributed by atoms with Gasteiger partial charge in [0.2, 0.25) is 5.91 Å². The lowest BCUT2D eigenvalue weighted by Gasteiger charge is -2.08. The van der Waals surface area contributed by atoms with Crippen molar-refractivity contribution in [2.75, 3.05) is 19.0 Å². The van der Waals surface area contributed by atoms with Crippen molar-refractivity contribution in [2.45, 2.75) is 33.2 Å². The fourth-order valence-electron chi connectivity index (χ4n) is 1.44. The normalized spacial score (nSPS) is 10.4. The van der Waals surface area contributed by atoms with E-state index in [2.05, 4.69) is 20.4 Å². The summed E-state index contributed by atoms with van der Waals surface area (Å²) in [5, 5.41) is 6.45. The predicted octanol–water partition coefficient (Wildman–Crippen LogP) is 1.56. The van der Waals surface area contributed by atoms with Crippen molar-refractivity contribution < 1.29 is 14.3 Å². The maximum absolute atomic E-state index is 11.4. The van der Waals surface area contributed by atoms with Crippen LogP contribution in [0.3, 0.4) is 0 Å². The number of ether oxygens (including phenoxy) is 1. The second kappa shape index (κ2) is 7.08. The Morgan fingerprint density at radius 3 is 2.68 bits per heavy atom. The third kappa shape index (κ3) is 4.86. The molecule has 1 heterocycles. The third-order valence-corrected chi connectivity index (χ3v) is 3.18. The maximum atomic E-state index is 11.4. The Hall–Kier alpha value is -1.63. The summed E-state index contributed by atoms with van der Waals surface area (Å²) < 4.78 is 4.63. The molecule has 0 atom stereocenters. The van der Waals surface area contributed by atoms with E-state index in [9.17, 15) is 9.59 Å². The molecule has 0 aromatic carbocycles. The number of thiazole rings is 1. The van der Waals surface area contributed by atoms with Gasteiger partial charge in [-0.1, -0.05) is 0 Å². The van der Waals surface area contributed by atoms with E-state index in [1.807, 2.05) is 13.8 Å². The zero-order valence-electron chi connectivity index (χ0n) is 11.6. The number of esters is 1. The fourth-order valence-corrected chi connectivity index (χ4v) is 2.26. The molecule has 2 N–H and O–H groups in total. The number of hydrogen-bond acceptors (Lipinski definition) is 6. The van der Waals surface area contributed by atoms with Crippen molar-refractivity contribution >= 4 is 28.3 Å². The van der Waals surface area contributed by atoms with Crippen molar-refractivity contribution in [1.82, 2.24) is 10.3 Å². The van der Waals surface area contributed by atoms with Crippen molar-refractivity contribution in [3.05, 3.63) is 10.6 Å². The summed E-state index contributed by atoms with van der Waals surface area (Å²) in [5.41, 5.74) is 0.321. The number of nitrogens with one attached hydrogen (secondary N) is 2. The van der Waals surface area contributed by atoms with Crippen LogP contribution >= 0.6 is 11.3 Å². The molecule has 1 aromatic rings. The number of carbonyl (C=O) groups is 2. The number of anilines is 1. The molecule has 0 saturated heterocycles. The summed E-state index contributed by atoms with van der Waals surface area (Å²) in [6.45, 7) is 6.11. The fraction of sp³-hybridized carbons (Fsp3) is 0.583. The Balaban J connectivity index is 2.46. The predicted molar refractivity (Wildman–Crippen MR) is 74.6 cm³/mol. The van der Waals surface area contributed by atoms with Gasteiger partial charge in [0.05, 0.1) is 7.11 Å². The Morgan fingerprint density at radius 2 is 2.11 bits per heavy atom. The molecule has 0 aliphatic carbocycles. The standard InChI is InChI=1S/C12H19N3O3S/c1-7(2)14-9(16)5-6-13-12-15-10(8(3)19-12)11(17)18-4/h7H,5-6H2,1-4H3,(H,13,15)(H,14,16). The van der Waals surface area contributed by atoms with Crippen LogP contribution < -0.4 is 10.6 Å². The van der Waals surface area contributed by atoms with Gasteiger partial charge < -0.3 is 15.4 Å². The zero-order valence-corrected chi connectivity index (χ0v) is 12.4. The van der Waals surface area contributed by atoms with E-state index < -0.39 is 5.97 Å². The number of rotatable bonds is 6. The molecule has 0 spiro atoms. The molecule has 0 aliphatic rings.